The molecule has 0 unspecified atom stereocenters. The average Bonchev–Trinajstić information content (AvgIpc) is 2.17. The van der Waals surface area contributed by atoms with Crippen molar-refractivity contribution in [1.29, 1.82) is 0 Å². The first-order valence-electron chi connectivity index (χ1n) is 4.18. The summed E-state index contributed by atoms with van der Waals surface area (Å²) >= 11 is 0. The van der Waals surface area contributed by atoms with Crippen molar-refractivity contribution in [3.63, 3.8) is 0 Å². The van der Waals surface area contributed by atoms with Crippen molar-refractivity contribution in [1.82, 2.24) is 4.98 Å². The van der Waals surface area contributed by atoms with Crippen molar-refractivity contribution in [3.8, 4) is 0 Å². The molecule has 1 atom stereocenters. The van der Waals surface area contributed by atoms with Crippen LogP contribution in [-0.4, -0.2) is 18.1 Å². The van der Waals surface area contributed by atoms with Crippen molar-refractivity contribution in [3.05, 3.63) is 29.6 Å². The van der Waals surface area contributed by atoms with Crippen LogP contribution in [0.3, 0.4) is 0 Å². The highest BCUT2D eigenvalue weighted by Gasteiger charge is 2.17. The average molecular weight is 216 g/mol. The van der Waals surface area contributed by atoms with Crippen LogP contribution in [0.15, 0.2) is 12.3 Å². The number of rotatable bonds is 3. The van der Waals surface area contributed by atoms with Crippen LogP contribution in [0.1, 0.15) is 18.2 Å². The number of aromatic nitrogens is 1. The van der Waals surface area contributed by atoms with Gasteiger partial charge in [0.2, 0.25) is 0 Å². The molecule has 0 radical (unpaired) electrons. The highest BCUT2D eigenvalue weighted by molar-refractivity contribution is 5.70. The number of pyridine rings is 1. The number of hydrogen-bond donors (Lipinski definition) is 1. The van der Waals surface area contributed by atoms with Crippen molar-refractivity contribution < 1.29 is 18.3 Å². The predicted molar refractivity (Wildman–Crippen MR) is 47.7 cm³/mol. The molecule has 0 aliphatic carbocycles. The number of esters is 1. The molecule has 2 N–H and O–H groups in total. The second-order valence-corrected chi connectivity index (χ2v) is 2.91. The van der Waals surface area contributed by atoms with Crippen molar-refractivity contribution in [2.75, 3.05) is 7.11 Å². The molecule has 0 amide bonds. The van der Waals surface area contributed by atoms with E-state index in [1.807, 2.05) is 0 Å². The molecule has 1 rings (SSSR count). The summed E-state index contributed by atoms with van der Waals surface area (Å²) in [7, 11) is 1.20. The van der Waals surface area contributed by atoms with Gasteiger partial charge in [0.15, 0.2) is 0 Å². The van der Waals surface area contributed by atoms with Gasteiger partial charge in [0.25, 0.3) is 0 Å². The molecule has 1 heterocycles. The Morgan fingerprint density at radius 1 is 1.67 bits per heavy atom. The largest absolute Gasteiger partial charge is 0.469 e. The Kier molecular flexibility index (Phi) is 3.68. The number of ether oxygens (including phenoxy) is 1. The van der Waals surface area contributed by atoms with Crippen LogP contribution in [0, 0.1) is 11.6 Å². The van der Waals surface area contributed by atoms with Crippen LogP contribution >= 0.6 is 0 Å². The van der Waals surface area contributed by atoms with Crippen LogP contribution in [-0.2, 0) is 9.53 Å². The minimum absolute atomic E-state index is 0.151. The first-order chi connectivity index (χ1) is 7.04. The SMILES string of the molecule is COC(=O)C[C@@H](N)c1ncc(F)cc1F. The van der Waals surface area contributed by atoms with Crippen LogP contribution < -0.4 is 5.73 Å². The molecular formula is C9H10F2N2O2. The van der Waals surface area contributed by atoms with E-state index < -0.39 is 23.6 Å². The zero-order valence-electron chi connectivity index (χ0n) is 8.04. The van der Waals surface area contributed by atoms with Gasteiger partial charge in [0.05, 0.1) is 31.5 Å². The smallest absolute Gasteiger partial charge is 0.307 e. The molecule has 0 fully saturated rings. The lowest BCUT2D eigenvalue weighted by atomic mass is 10.1. The number of carbonyl (C=O) groups is 1. The minimum atomic E-state index is -0.932. The van der Waals surface area contributed by atoms with E-state index in [-0.39, 0.29) is 12.1 Å². The Labute approximate surface area is 85.1 Å². The second kappa shape index (κ2) is 4.79. The molecule has 0 saturated carbocycles. The molecule has 82 valence electrons. The topological polar surface area (TPSA) is 65.2 Å². The molecule has 0 aromatic carbocycles. The lowest BCUT2D eigenvalue weighted by Crippen LogP contribution is -2.19. The molecule has 0 aliphatic heterocycles. The lowest BCUT2D eigenvalue weighted by molar-refractivity contribution is -0.141. The molecule has 0 aliphatic rings. The highest BCUT2D eigenvalue weighted by atomic mass is 19.1. The number of nitrogens with two attached hydrogens (primary N) is 1. The monoisotopic (exact) mass is 216 g/mol. The van der Waals surface area contributed by atoms with Gasteiger partial charge in [0, 0.05) is 6.07 Å². The van der Waals surface area contributed by atoms with E-state index in [9.17, 15) is 13.6 Å². The van der Waals surface area contributed by atoms with Crippen molar-refractivity contribution >= 4 is 5.97 Å². The van der Waals surface area contributed by atoms with E-state index in [0.717, 1.165) is 6.20 Å². The zero-order valence-corrected chi connectivity index (χ0v) is 8.04. The Morgan fingerprint density at radius 3 is 2.87 bits per heavy atom. The van der Waals surface area contributed by atoms with Gasteiger partial charge in [-0.05, 0) is 0 Å². The molecule has 15 heavy (non-hydrogen) atoms. The van der Waals surface area contributed by atoms with E-state index in [4.69, 9.17) is 5.73 Å². The van der Waals surface area contributed by atoms with Gasteiger partial charge < -0.3 is 10.5 Å². The van der Waals surface area contributed by atoms with Gasteiger partial charge in [-0.25, -0.2) is 8.78 Å². The summed E-state index contributed by atoms with van der Waals surface area (Å²) in [6, 6.07) is -0.266. The first kappa shape index (κ1) is 11.5. The first-order valence-corrected chi connectivity index (χ1v) is 4.18. The molecule has 0 saturated heterocycles. The fourth-order valence-electron chi connectivity index (χ4n) is 1.06. The van der Waals surface area contributed by atoms with Crippen molar-refractivity contribution in [2.24, 2.45) is 5.73 Å². The van der Waals surface area contributed by atoms with E-state index in [0.29, 0.717) is 6.07 Å². The molecule has 0 spiro atoms. The Balaban J connectivity index is 2.82. The maximum Gasteiger partial charge on any atom is 0.307 e. The summed E-state index contributed by atoms with van der Waals surface area (Å²) in [5.74, 6) is -2.24. The molecule has 0 bridgehead atoms. The van der Waals surface area contributed by atoms with Crippen LogP contribution in [0.25, 0.3) is 0 Å². The fraction of sp³-hybridized carbons (Fsp3) is 0.333. The van der Waals surface area contributed by atoms with E-state index >= 15 is 0 Å². The number of methoxy groups -OCH3 is 1. The maximum atomic E-state index is 13.1. The third-order valence-electron chi connectivity index (χ3n) is 1.80. The summed E-state index contributed by atoms with van der Waals surface area (Å²) in [4.78, 5) is 14.3. The van der Waals surface area contributed by atoms with Gasteiger partial charge in [-0.3, -0.25) is 9.78 Å². The number of carbonyl (C=O) groups excluding carboxylic acids is 1. The Bertz CT molecular complexity index is 371. The summed E-state index contributed by atoms with van der Waals surface area (Å²) in [5, 5.41) is 0. The highest BCUT2D eigenvalue weighted by Crippen LogP contribution is 2.16. The Hall–Kier alpha value is -1.56. The van der Waals surface area contributed by atoms with E-state index in [1.54, 1.807) is 0 Å². The number of nitrogens with zero attached hydrogens (tertiary/aromatic N) is 1. The number of halogens is 2. The summed E-state index contributed by atoms with van der Waals surface area (Å²) in [6.07, 6.45) is 0.640. The summed E-state index contributed by atoms with van der Waals surface area (Å²) in [5.41, 5.74) is 5.35. The molecule has 1 aromatic heterocycles. The third kappa shape index (κ3) is 2.95. The molecule has 4 nitrogen and oxygen atoms in total. The minimum Gasteiger partial charge on any atom is -0.469 e. The Morgan fingerprint density at radius 2 is 2.33 bits per heavy atom. The van der Waals surface area contributed by atoms with E-state index in [2.05, 4.69) is 9.72 Å². The van der Waals surface area contributed by atoms with Crippen LogP contribution in [0.5, 0.6) is 0 Å². The zero-order chi connectivity index (χ0) is 11.4. The van der Waals surface area contributed by atoms with Crippen LogP contribution in [0.4, 0.5) is 8.78 Å². The van der Waals surface area contributed by atoms with Gasteiger partial charge in [0.1, 0.15) is 11.6 Å². The quantitative estimate of drug-likeness (QED) is 0.763. The fourth-order valence-corrected chi connectivity index (χ4v) is 1.06. The standard InChI is InChI=1S/C9H10F2N2O2/c1-15-8(14)3-7(12)9-6(11)2-5(10)4-13-9/h2,4,7H,3,12H2,1H3/t7-/m1/s1. The second-order valence-electron chi connectivity index (χ2n) is 2.91. The van der Waals surface area contributed by atoms with Gasteiger partial charge >= 0.3 is 5.97 Å². The van der Waals surface area contributed by atoms with Crippen molar-refractivity contribution in [2.45, 2.75) is 12.5 Å². The summed E-state index contributed by atoms with van der Waals surface area (Å²) < 4.78 is 30.0. The molecule has 6 heteroatoms. The van der Waals surface area contributed by atoms with Gasteiger partial charge in [-0.1, -0.05) is 0 Å². The van der Waals surface area contributed by atoms with Crippen LogP contribution in [0.2, 0.25) is 0 Å². The normalized spacial score (nSPS) is 12.3. The predicted octanol–water partition coefficient (Wildman–Crippen LogP) is 0.923. The summed E-state index contributed by atoms with van der Waals surface area (Å²) in [6.45, 7) is 0. The molecule has 1 aromatic rings. The third-order valence-corrected chi connectivity index (χ3v) is 1.80. The lowest BCUT2D eigenvalue weighted by Gasteiger charge is -2.09. The van der Waals surface area contributed by atoms with E-state index in [1.165, 1.54) is 7.11 Å². The van der Waals surface area contributed by atoms with Gasteiger partial charge in [-0.15, -0.1) is 0 Å². The molecular weight excluding hydrogens is 206 g/mol. The van der Waals surface area contributed by atoms with Gasteiger partial charge in [-0.2, -0.15) is 0 Å². The number of hydrogen-bond acceptors (Lipinski definition) is 4. The maximum absolute atomic E-state index is 13.1.